The third-order valence-corrected chi connectivity index (χ3v) is 2.44. The van der Waals surface area contributed by atoms with Gasteiger partial charge in [0.2, 0.25) is 5.91 Å². The zero-order valence-electron chi connectivity index (χ0n) is 10.3. The number of rotatable bonds is 6. The topological polar surface area (TPSA) is 49.8 Å². The molecule has 0 aliphatic carbocycles. The summed E-state index contributed by atoms with van der Waals surface area (Å²) < 4.78 is 5.37. The van der Waals surface area contributed by atoms with Crippen LogP contribution in [0.4, 0.5) is 0 Å². The van der Waals surface area contributed by atoms with Gasteiger partial charge in [-0.05, 0) is 5.56 Å². The van der Waals surface area contributed by atoms with Crippen molar-refractivity contribution in [1.29, 1.82) is 0 Å². The Morgan fingerprint density at radius 1 is 1.41 bits per heavy atom. The van der Waals surface area contributed by atoms with E-state index in [-0.39, 0.29) is 12.5 Å². The second-order valence-electron chi connectivity index (χ2n) is 4.05. The lowest BCUT2D eigenvalue weighted by molar-refractivity contribution is -0.129. The van der Waals surface area contributed by atoms with Gasteiger partial charge in [0.25, 0.3) is 0 Å². The molecule has 1 amide bonds. The Hall–Kier alpha value is -1.39. The number of aliphatic hydroxyl groups is 1. The highest BCUT2D eigenvalue weighted by atomic mass is 16.5. The molecule has 0 heterocycles. The van der Waals surface area contributed by atoms with Crippen LogP contribution in [-0.2, 0) is 16.1 Å². The van der Waals surface area contributed by atoms with Gasteiger partial charge in [0.1, 0.15) is 0 Å². The maximum Gasteiger partial charge on any atom is 0.219 e. The minimum Gasteiger partial charge on any atom is -0.389 e. The number of amides is 1. The minimum atomic E-state index is -0.646. The number of likely N-dealkylation sites (N-methyl/N-ethyl adjacent to an activating group) is 1. The number of carbonyl (C=O) groups is 1. The Kier molecular flexibility index (Phi) is 5.66. The molecule has 0 aliphatic rings. The van der Waals surface area contributed by atoms with Crippen LogP contribution in [-0.4, -0.2) is 42.2 Å². The second kappa shape index (κ2) is 7.04. The maximum atomic E-state index is 10.9. The van der Waals surface area contributed by atoms with Crippen LogP contribution in [0.15, 0.2) is 30.3 Å². The van der Waals surface area contributed by atoms with Crippen molar-refractivity contribution in [3.05, 3.63) is 35.9 Å². The first-order valence-corrected chi connectivity index (χ1v) is 5.61. The number of nitrogens with zero attached hydrogens (tertiary/aromatic N) is 1. The van der Waals surface area contributed by atoms with Crippen molar-refractivity contribution in [2.75, 3.05) is 20.2 Å². The summed E-state index contributed by atoms with van der Waals surface area (Å²) in [5.74, 6) is -0.0629. The Morgan fingerprint density at radius 2 is 2.06 bits per heavy atom. The molecular formula is C13H19NO3. The van der Waals surface area contributed by atoms with E-state index in [1.807, 2.05) is 30.3 Å². The molecule has 0 unspecified atom stereocenters. The Bertz CT molecular complexity index is 340. The van der Waals surface area contributed by atoms with Crippen LogP contribution in [0.25, 0.3) is 0 Å². The molecule has 0 radical (unpaired) electrons. The number of hydrogen-bond donors (Lipinski definition) is 1. The van der Waals surface area contributed by atoms with Crippen molar-refractivity contribution in [1.82, 2.24) is 4.90 Å². The molecule has 4 heteroatoms. The number of benzene rings is 1. The zero-order chi connectivity index (χ0) is 12.7. The van der Waals surface area contributed by atoms with Gasteiger partial charge in [0.15, 0.2) is 0 Å². The third kappa shape index (κ3) is 5.47. The number of hydrogen-bond acceptors (Lipinski definition) is 3. The molecule has 4 nitrogen and oxygen atoms in total. The molecule has 1 N–H and O–H groups in total. The average molecular weight is 237 g/mol. The highest BCUT2D eigenvalue weighted by Crippen LogP contribution is 2.01. The lowest BCUT2D eigenvalue weighted by atomic mass is 10.2. The van der Waals surface area contributed by atoms with E-state index < -0.39 is 6.10 Å². The van der Waals surface area contributed by atoms with Crippen LogP contribution in [0.2, 0.25) is 0 Å². The molecule has 0 spiro atoms. The summed E-state index contributed by atoms with van der Waals surface area (Å²) >= 11 is 0. The smallest absolute Gasteiger partial charge is 0.219 e. The van der Waals surface area contributed by atoms with Crippen molar-refractivity contribution in [3.63, 3.8) is 0 Å². The third-order valence-electron chi connectivity index (χ3n) is 2.44. The van der Waals surface area contributed by atoms with Gasteiger partial charge in [-0.25, -0.2) is 0 Å². The largest absolute Gasteiger partial charge is 0.389 e. The van der Waals surface area contributed by atoms with Crippen LogP contribution in [0.5, 0.6) is 0 Å². The summed E-state index contributed by atoms with van der Waals surface area (Å²) in [4.78, 5) is 12.4. The van der Waals surface area contributed by atoms with Gasteiger partial charge in [-0.1, -0.05) is 30.3 Å². The molecule has 1 rings (SSSR count). The standard InChI is InChI=1S/C13H19NO3/c1-11(15)14(2)8-13(16)10-17-9-12-6-4-3-5-7-12/h3-7,13,16H,8-10H2,1-2H3/t13-/m1/s1. The summed E-state index contributed by atoms with van der Waals surface area (Å²) in [6.45, 7) is 2.47. The average Bonchev–Trinajstić information content (AvgIpc) is 2.30. The van der Waals surface area contributed by atoms with Crippen LogP contribution in [0, 0.1) is 0 Å². The van der Waals surface area contributed by atoms with Crippen molar-refractivity contribution in [2.45, 2.75) is 19.6 Å². The molecule has 17 heavy (non-hydrogen) atoms. The maximum absolute atomic E-state index is 10.9. The monoisotopic (exact) mass is 237 g/mol. The van der Waals surface area contributed by atoms with Crippen LogP contribution < -0.4 is 0 Å². The Labute approximate surface area is 102 Å². The van der Waals surface area contributed by atoms with Gasteiger partial charge in [-0.15, -0.1) is 0 Å². The predicted molar refractivity (Wildman–Crippen MR) is 65.4 cm³/mol. The minimum absolute atomic E-state index is 0.0629. The number of ether oxygens (including phenoxy) is 1. The fraction of sp³-hybridized carbons (Fsp3) is 0.462. The number of carbonyl (C=O) groups excluding carboxylic acids is 1. The molecule has 0 aliphatic heterocycles. The normalized spacial score (nSPS) is 12.2. The van der Waals surface area contributed by atoms with Crippen molar-refractivity contribution < 1.29 is 14.6 Å². The molecule has 1 aromatic rings. The zero-order valence-corrected chi connectivity index (χ0v) is 10.3. The SMILES string of the molecule is CC(=O)N(C)C[C@@H](O)COCc1ccccc1. The van der Waals surface area contributed by atoms with Gasteiger partial charge in [0, 0.05) is 20.5 Å². The molecule has 1 aromatic carbocycles. The fourth-order valence-corrected chi connectivity index (χ4v) is 1.38. The highest BCUT2D eigenvalue weighted by molar-refractivity contribution is 5.72. The van der Waals surface area contributed by atoms with Crippen molar-refractivity contribution >= 4 is 5.91 Å². The lowest BCUT2D eigenvalue weighted by Gasteiger charge is -2.19. The van der Waals surface area contributed by atoms with E-state index in [1.165, 1.54) is 11.8 Å². The molecule has 0 saturated heterocycles. The van der Waals surface area contributed by atoms with E-state index in [1.54, 1.807) is 7.05 Å². The first-order chi connectivity index (χ1) is 8.09. The summed E-state index contributed by atoms with van der Waals surface area (Å²) in [6, 6.07) is 9.76. The molecule has 0 saturated carbocycles. The molecule has 0 aromatic heterocycles. The summed E-state index contributed by atoms with van der Waals surface area (Å²) in [5, 5.41) is 9.63. The number of aliphatic hydroxyl groups excluding tert-OH is 1. The second-order valence-corrected chi connectivity index (χ2v) is 4.05. The van der Waals surface area contributed by atoms with E-state index in [4.69, 9.17) is 4.74 Å². The first kappa shape index (κ1) is 13.7. The fourth-order valence-electron chi connectivity index (χ4n) is 1.38. The quantitative estimate of drug-likeness (QED) is 0.804. The Balaban J connectivity index is 2.20. The molecule has 1 atom stereocenters. The lowest BCUT2D eigenvalue weighted by Crippen LogP contribution is -2.34. The molecule has 94 valence electrons. The summed E-state index contributed by atoms with van der Waals surface area (Å²) in [6.07, 6.45) is -0.646. The van der Waals surface area contributed by atoms with Crippen LogP contribution in [0.1, 0.15) is 12.5 Å². The first-order valence-electron chi connectivity index (χ1n) is 5.61. The van der Waals surface area contributed by atoms with Gasteiger partial charge in [-0.3, -0.25) is 4.79 Å². The van der Waals surface area contributed by atoms with Crippen molar-refractivity contribution in [3.8, 4) is 0 Å². The molecule has 0 fully saturated rings. The van der Waals surface area contributed by atoms with E-state index in [0.717, 1.165) is 5.56 Å². The highest BCUT2D eigenvalue weighted by Gasteiger charge is 2.10. The van der Waals surface area contributed by atoms with E-state index in [0.29, 0.717) is 13.2 Å². The Morgan fingerprint density at radius 3 is 2.65 bits per heavy atom. The van der Waals surface area contributed by atoms with E-state index in [9.17, 15) is 9.90 Å². The van der Waals surface area contributed by atoms with Crippen LogP contribution >= 0.6 is 0 Å². The molecule has 0 bridgehead atoms. The van der Waals surface area contributed by atoms with E-state index >= 15 is 0 Å². The van der Waals surface area contributed by atoms with Gasteiger partial charge < -0.3 is 14.7 Å². The predicted octanol–water partition coefficient (Wildman–Crippen LogP) is 1.04. The van der Waals surface area contributed by atoms with Gasteiger partial charge in [0.05, 0.1) is 19.3 Å². The molecular weight excluding hydrogens is 218 g/mol. The van der Waals surface area contributed by atoms with Gasteiger partial charge >= 0.3 is 0 Å². The summed E-state index contributed by atoms with van der Waals surface area (Å²) in [7, 11) is 1.66. The van der Waals surface area contributed by atoms with Crippen molar-refractivity contribution in [2.24, 2.45) is 0 Å². The summed E-state index contributed by atoms with van der Waals surface area (Å²) in [5.41, 5.74) is 1.07. The van der Waals surface area contributed by atoms with Gasteiger partial charge in [-0.2, -0.15) is 0 Å². The van der Waals surface area contributed by atoms with E-state index in [2.05, 4.69) is 0 Å². The van der Waals surface area contributed by atoms with Crippen LogP contribution in [0.3, 0.4) is 0 Å².